The average Bonchev–Trinajstić information content (AvgIpc) is 2.81. The lowest BCUT2D eigenvalue weighted by molar-refractivity contribution is 0.287. The van der Waals surface area contributed by atoms with Gasteiger partial charge in [-0.05, 0) is 49.4 Å². The lowest BCUT2D eigenvalue weighted by Gasteiger charge is -2.15. The van der Waals surface area contributed by atoms with Crippen molar-refractivity contribution in [2.45, 2.75) is 26.1 Å². The van der Waals surface area contributed by atoms with Crippen LogP contribution < -0.4 is 9.47 Å². The molecule has 0 radical (unpaired) electrons. The second-order valence-electron chi connectivity index (χ2n) is 4.53. The van der Waals surface area contributed by atoms with Gasteiger partial charge in [-0.3, -0.25) is 0 Å². The fourth-order valence-corrected chi connectivity index (χ4v) is 3.76. The van der Waals surface area contributed by atoms with Crippen LogP contribution in [-0.4, -0.2) is 13.2 Å². The predicted octanol–water partition coefficient (Wildman–Crippen LogP) is 5.84. The first-order chi connectivity index (χ1) is 10.1. The first-order valence-electron chi connectivity index (χ1n) is 6.85. The van der Waals surface area contributed by atoms with E-state index in [1.165, 1.54) is 0 Å². The fourth-order valence-electron chi connectivity index (χ4n) is 2.00. The summed E-state index contributed by atoms with van der Waals surface area (Å²) in [6, 6.07) is 5.78. The summed E-state index contributed by atoms with van der Waals surface area (Å²) in [6.45, 7) is 7.05. The third kappa shape index (κ3) is 3.65. The molecule has 1 atom stereocenters. The molecule has 2 rings (SSSR count). The number of hydrogen-bond donors (Lipinski definition) is 0. The smallest absolute Gasteiger partial charge is 0.161 e. The fraction of sp³-hybridized carbons (Fsp3) is 0.375. The summed E-state index contributed by atoms with van der Waals surface area (Å²) >= 11 is 14.5. The molecular weight excluding hydrogens is 327 g/mol. The number of alkyl halides is 1. The van der Waals surface area contributed by atoms with Gasteiger partial charge in [0.25, 0.3) is 0 Å². The first kappa shape index (κ1) is 16.5. The van der Waals surface area contributed by atoms with E-state index in [1.54, 1.807) is 11.3 Å². The van der Waals surface area contributed by atoms with Crippen molar-refractivity contribution in [1.29, 1.82) is 0 Å². The number of benzene rings is 1. The summed E-state index contributed by atoms with van der Waals surface area (Å²) in [5.41, 5.74) is 2.01. The second-order valence-corrected chi connectivity index (χ2v) is 6.26. The lowest BCUT2D eigenvalue weighted by atomic mass is 10.1. The largest absolute Gasteiger partial charge is 0.490 e. The summed E-state index contributed by atoms with van der Waals surface area (Å²) in [5, 5.41) is 2.48. The van der Waals surface area contributed by atoms with Gasteiger partial charge in [-0.1, -0.05) is 17.7 Å². The Bertz CT molecular complexity index is 610. The van der Waals surface area contributed by atoms with Crippen LogP contribution in [0.15, 0.2) is 23.6 Å². The van der Waals surface area contributed by atoms with Crippen molar-refractivity contribution in [3.8, 4) is 11.5 Å². The molecule has 0 aliphatic carbocycles. The van der Waals surface area contributed by atoms with Crippen molar-refractivity contribution >= 4 is 34.5 Å². The molecule has 5 heteroatoms. The quantitative estimate of drug-likeness (QED) is 0.613. The topological polar surface area (TPSA) is 18.5 Å². The minimum absolute atomic E-state index is 0.286. The molecule has 0 fully saturated rings. The van der Waals surface area contributed by atoms with Crippen LogP contribution in [0.3, 0.4) is 0 Å². The zero-order valence-corrected chi connectivity index (χ0v) is 14.6. The van der Waals surface area contributed by atoms with Gasteiger partial charge in [0.05, 0.1) is 23.6 Å². The number of rotatable bonds is 6. The molecule has 0 saturated heterocycles. The molecular formula is C16H18Cl2O2S. The van der Waals surface area contributed by atoms with E-state index in [4.69, 9.17) is 32.7 Å². The van der Waals surface area contributed by atoms with Crippen molar-refractivity contribution in [3.63, 3.8) is 0 Å². The Hall–Kier alpha value is -0.900. The van der Waals surface area contributed by atoms with Crippen LogP contribution in [0.5, 0.6) is 11.5 Å². The highest BCUT2D eigenvalue weighted by atomic mass is 35.5. The van der Waals surface area contributed by atoms with Gasteiger partial charge in [0.15, 0.2) is 11.5 Å². The molecule has 0 amide bonds. The van der Waals surface area contributed by atoms with Crippen molar-refractivity contribution in [2.24, 2.45) is 0 Å². The van der Waals surface area contributed by atoms with Gasteiger partial charge in [0.2, 0.25) is 0 Å². The highest BCUT2D eigenvalue weighted by Gasteiger charge is 2.19. The second kappa shape index (κ2) is 7.39. The Morgan fingerprint density at radius 3 is 2.38 bits per heavy atom. The maximum atomic E-state index is 6.58. The van der Waals surface area contributed by atoms with E-state index in [1.807, 2.05) is 44.4 Å². The minimum Gasteiger partial charge on any atom is -0.490 e. The van der Waals surface area contributed by atoms with E-state index >= 15 is 0 Å². The van der Waals surface area contributed by atoms with Gasteiger partial charge in [0, 0.05) is 4.88 Å². The molecule has 1 heterocycles. The van der Waals surface area contributed by atoms with E-state index in [2.05, 4.69) is 0 Å². The van der Waals surface area contributed by atoms with Crippen LogP contribution in [0.4, 0.5) is 0 Å². The molecule has 114 valence electrons. The van der Waals surface area contributed by atoms with Crippen LogP contribution in [0, 0.1) is 6.92 Å². The Morgan fingerprint density at radius 1 is 1.14 bits per heavy atom. The van der Waals surface area contributed by atoms with Gasteiger partial charge < -0.3 is 9.47 Å². The van der Waals surface area contributed by atoms with Crippen LogP contribution >= 0.6 is 34.5 Å². The van der Waals surface area contributed by atoms with E-state index in [0.717, 1.165) is 26.8 Å². The lowest BCUT2D eigenvalue weighted by Crippen LogP contribution is -2.00. The summed E-state index contributed by atoms with van der Waals surface area (Å²) in [4.78, 5) is 0.961. The van der Waals surface area contributed by atoms with Crippen molar-refractivity contribution in [2.75, 3.05) is 13.2 Å². The molecule has 21 heavy (non-hydrogen) atoms. The number of aryl methyl sites for hydroxylation is 1. The SMILES string of the molecule is CCOc1ccc(C(Cl)c2scc(C)c2Cl)cc1OCC. The van der Waals surface area contributed by atoms with Crippen LogP contribution in [0.25, 0.3) is 0 Å². The third-order valence-electron chi connectivity index (χ3n) is 3.02. The monoisotopic (exact) mass is 344 g/mol. The summed E-state index contributed by atoms with van der Waals surface area (Å²) in [5.74, 6) is 1.45. The summed E-state index contributed by atoms with van der Waals surface area (Å²) in [7, 11) is 0. The molecule has 1 aromatic carbocycles. The predicted molar refractivity (Wildman–Crippen MR) is 90.5 cm³/mol. The highest BCUT2D eigenvalue weighted by molar-refractivity contribution is 7.11. The molecule has 0 aliphatic rings. The van der Waals surface area contributed by atoms with Gasteiger partial charge in [-0.15, -0.1) is 22.9 Å². The molecule has 0 N–H and O–H groups in total. The zero-order valence-electron chi connectivity index (χ0n) is 12.3. The van der Waals surface area contributed by atoms with E-state index in [-0.39, 0.29) is 5.38 Å². The molecule has 1 unspecified atom stereocenters. The summed E-state index contributed by atoms with van der Waals surface area (Å²) < 4.78 is 11.2. The van der Waals surface area contributed by atoms with Crippen LogP contribution in [0.1, 0.15) is 35.2 Å². The Kier molecular flexibility index (Phi) is 5.80. The van der Waals surface area contributed by atoms with Crippen LogP contribution in [0.2, 0.25) is 5.02 Å². The normalized spacial score (nSPS) is 12.2. The standard InChI is InChI=1S/C16H18Cl2O2S/c1-4-19-12-7-6-11(8-13(12)20-5-2)15(18)16-14(17)10(3)9-21-16/h6-9,15H,4-5H2,1-3H3. The zero-order chi connectivity index (χ0) is 15.4. The Balaban J connectivity index is 2.35. The van der Waals surface area contributed by atoms with Gasteiger partial charge >= 0.3 is 0 Å². The molecule has 0 aliphatic heterocycles. The minimum atomic E-state index is -0.286. The number of ether oxygens (including phenoxy) is 2. The summed E-state index contributed by atoms with van der Waals surface area (Å²) in [6.07, 6.45) is 0. The van der Waals surface area contributed by atoms with Crippen LogP contribution in [-0.2, 0) is 0 Å². The van der Waals surface area contributed by atoms with Crippen molar-refractivity contribution in [3.05, 3.63) is 44.6 Å². The Labute approximate surface area is 139 Å². The van der Waals surface area contributed by atoms with E-state index in [0.29, 0.717) is 19.0 Å². The van der Waals surface area contributed by atoms with E-state index < -0.39 is 0 Å². The first-order valence-corrected chi connectivity index (χ1v) is 8.54. The third-order valence-corrected chi connectivity index (χ3v) is 5.39. The van der Waals surface area contributed by atoms with Gasteiger partial charge in [0.1, 0.15) is 0 Å². The molecule has 2 nitrogen and oxygen atoms in total. The number of thiophene rings is 1. The number of halogens is 2. The van der Waals surface area contributed by atoms with Crippen molar-refractivity contribution < 1.29 is 9.47 Å². The van der Waals surface area contributed by atoms with Gasteiger partial charge in [-0.2, -0.15) is 0 Å². The molecule has 0 bridgehead atoms. The molecule has 0 saturated carbocycles. The maximum Gasteiger partial charge on any atom is 0.161 e. The van der Waals surface area contributed by atoms with Gasteiger partial charge in [-0.25, -0.2) is 0 Å². The maximum absolute atomic E-state index is 6.58. The molecule has 0 spiro atoms. The van der Waals surface area contributed by atoms with Crippen molar-refractivity contribution in [1.82, 2.24) is 0 Å². The highest BCUT2D eigenvalue weighted by Crippen LogP contribution is 2.41. The average molecular weight is 345 g/mol. The van der Waals surface area contributed by atoms with E-state index in [9.17, 15) is 0 Å². The molecule has 1 aromatic heterocycles. The number of hydrogen-bond acceptors (Lipinski definition) is 3. The molecule has 2 aromatic rings. The Morgan fingerprint density at radius 2 is 1.81 bits per heavy atom.